The number of benzene rings is 4. The third-order valence-corrected chi connectivity index (χ3v) is 7.16. The molecule has 8 N–H and O–H groups in total. The van der Waals surface area contributed by atoms with Crippen LogP contribution in [0.3, 0.4) is 0 Å². The Morgan fingerprint density at radius 1 is 0.909 bits per heavy atom. The van der Waals surface area contributed by atoms with Crippen molar-refractivity contribution in [1.29, 1.82) is 0 Å². The van der Waals surface area contributed by atoms with E-state index < -0.39 is 17.9 Å². The summed E-state index contributed by atoms with van der Waals surface area (Å²) in [6.45, 7) is 0.353. The van der Waals surface area contributed by atoms with E-state index >= 15 is 0 Å². The average Bonchev–Trinajstić information content (AvgIpc) is 3.45. The van der Waals surface area contributed by atoms with Crippen LogP contribution in [0.1, 0.15) is 26.3 Å². The topological polar surface area (TPSA) is 177 Å². The molecule has 0 spiro atoms. The predicted molar refractivity (Wildman–Crippen MR) is 172 cm³/mol. The molecule has 0 aliphatic carbocycles. The van der Waals surface area contributed by atoms with E-state index in [4.69, 9.17) is 16.2 Å². The summed E-state index contributed by atoms with van der Waals surface area (Å²) in [5.41, 5.74) is 13.4. The van der Waals surface area contributed by atoms with Crippen LogP contribution in [0.25, 0.3) is 21.7 Å². The maximum atomic E-state index is 13.8. The van der Waals surface area contributed by atoms with Crippen LogP contribution in [0.4, 0.5) is 5.69 Å². The molecule has 4 aromatic carbocycles. The van der Waals surface area contributed by atoms with Crippen molar-refractivity contribution < 1.29 is 19.1 Å². The number of methoxy groups -OCH3 is 1. The summed E-state index contributed by atoms with van der Waals surface area (Å²) in [6.07, 6.45) is 2.02. The lowest BCUT2D eigenvalue weighted by molar-refractivity contribution is -0.122. The lowest BCUT2D eigenvalue weighted by Gasteiger charge is -2.20. The number of carbonyl (C=O) groups is 3. The Morgan fingerprint density at radius 2 is 1.68 bits per heavy atom. The molecule has 1 heterocycles. The van der Waals surface area contributed by atoms with E-state index in [1.165, 1.54) is 13.2 Å². The summed E-state index contributed by atoms with van der Waals surface area (Å²) in [6, 6.07) is 24.6. The summed E-state index contributed by atoms with van der Waals surface area (Å²) in [5.74, 6) is -1.04. The summed E-state index contributed by atoms with van der Waals surface area (Å²) in [7, 11) is 1.48. The van der Waals surface area contributed by atoms with Crippen molar-refractivity contribution in [1.82, 2.24) is 15.6 Å². The molecule has 1 atom stereocenters. The van der Waals surface area contributed by atoms with E-state index in [2.05, 4.69) is 25.9 Å². The first kappa shape index (κ1) is 29.6. The van der Waals surface area contributed by atoms with Crippen molar-refractivity contribution in [2.45, 2.75) is 12.5 Å². The van der Waals surface area contributed by atoms with Gasteiger partial charge < -0.3 is 37.1 Å². The number of aromatic amines is 1. The number of H-pyrrole nitrogens is 1. The van der Waals surface area contributed by atoms with Gasteiger partial charge in [0.1, 0.15) is 11.8 Å². The van der Waals surface area contributed by atoms with Crippen LogP contribution < -0.4 is 32.2 Å². The van der Waals surface area contributed by atoms with E-state index in [9.17, 15) is 14.4 Å². The monoisotopic (exact) mass is 591 g/mol. The van der Waals surface area contributed by atoms with Crippen molar-refractivity contribution >= 4 is 51.0 Å². The highest BCUT2D eigenvalue weighted by Gasteiger charge is 2.25. The minimum atomic E-state index is -0.962. The van der Waals surface area contributed by atoms with Gasteiger partial charge in [0.15, 0.2) is 5.96 Å². The SMILES string of the molecule is COc1ccc(NC(=O)c2ccc3ccccc3c2)c(C(=O)NC(Cc2c[nH]c3ccccc23)C(=O)NCCN=C(N)N)c1. The van der Waals surface area contributed by atoms with Gasteiger partial charge in [-0.3, -0.25) is 19.4 Å². The lowest BCUT2D eigenvalue weighted by atomic mass is 10.0. The number of nitrogens with zero attached hydrogens (tertiary/aromatic N) is 1. The minimum absolute atomic E-state index is 0.0841. The maximum Gasteiger partial charge on any atom is 0.255 e. The molecule has 0 aliphatic heterocycles. The van der Waals surface area contributed by atoms with Gasteiger partial charge in [0, 0.05) is 35.6 Å². The molecule has 5 rings (SSSR count). The largest absolute Gasteiger partial charge is 0.497 e. The van der Waals surface area contributed by atoms with Crippen LogP contribution in [0, 0.1) is 0 Å². The smallest absolute Gasteiger partial charge is 0.255 e. The molecule has 0 fully saturated rings. The van der Waals surface area contributed by atoms with Gasteiger partial charge in [-0.1, -0.05) is 48.5 Å². The van der Waals surface area contributed by atoms with E-state index in [1.807, 2.05) is 60.8 Å². The first-order valence-electron chi connectivity index (χ1n) is 14.0. The number of nitrogens with two attached hydrogens (primary N) is 2. The first-order valence-corrected chi connectivity index (χ1v) is 14.0. The zero-order chi connectivity index (χ0) is 31.1. The number of para-hydroxylation sites is 1. The van der Waals surface area contributed by atoms with Gasteiger partial charge in [-0.2, -0.15) is 0 Å². The Kier molecular flexibility index (Phi) is 9.05. The summed E-state index contributed by atoms with van der Waals surface area (Å²) < 4.78 is 5.36. The van der Waals surface area contributed by atoms with Crippen LogP contribution in [0.5, 0.6) is 5.75 Å². The van der Waals surface area contributed by atoms with Gasteiger partial charge in [-0.15, -0.1) is 0 Å². The predicted octanol–water partition coefficient (Wildman–Crippen LogP) is 3.31. The second kappa shape index (κ2) is 13.4. The molecule has 11 nitrogen and oxygen atoms in total. The zero-order valence-electron chi connectivity index (χ0n) is 24.1. The van der Waals surface area contributed by atoms with Crippen molar-refractivity contribution in [3.63, 3.8) is 0 Å². The minimum Gasteiger partial charge on any atom is -0.497 e. The molecule has 0 saturated heterocycles. The van der Waals surface area contributed by atoms with Crippen LogP contribution in [-0.2, 0) is 11.2 Å². The van der Waals surface area contributed by atoms with Crippen molar-refractivity contribution in [3.05, 3.63) is 108 Å². The Balaban J connectivity index is 1.40. The molecule has 224 valence electrons. The lowest BCUT2D eigenvalue weighted by Crippen LogP contribution is -2.48. The van der Waals surface area contributed by atoms with Crippen LogP contribution in [0.15, 0.2) is 96.1 Å². The highest BCUT2D eigenvalue weighted by atomic mass is 16.5. The molecule has 1 aromatic heterocycles. The molecule has 0 aliphatic rings. The standard InChI is InChI=1S/C33H33N7O4/c1-44-24-12-13-28(39-30(41)22-11-10-20-6-2-3-7-21(20)16-22)26(18-24)31(42)40-29(32(43)36-14-15-37-33(34)35)17-23-19-38-27-9-5-4-8-25(23)27/h2-13,16,18-19,29,38H,14-15,17H2,1H3,(H,36,43)(H,39,41)(H,40,42)(H4,34,35,37). The van der Waals surface area contributed by atoms with Gasteiger partial charge in [0.25, 0.3) is 11.8 Å². The summed E-state index contributed by atoms with van der Waals surface area (Å²) in [5, 5.41) is 11.3. The Bertz CT molecular complexity index is 1860. The molecule has 5 aromatic rings. The molecular formula is C33H33N7O4. The number of fused-ring (bicyclic) bond motifs is 2. The average molecular weight is 592 g/mol. The number of guanidine groups is 1. The highest BCUT2D eigenvalue weighted by Crippen LogP contribution is 2.25. The number of aromatic nitrogens is 1. The van der Waals surface area contributed by atoms with Gasteiger partial charge in [-0.05, 0) is 52.7 Å². The molecule has 0 radical (unpaired) electrons. The fraction of sp³-hybridized carbons (Fsp3) is 0.152. The maximum absolute atomic E-state index is 13.8. The molecule has 3 amide bonds. The number of hydrogen-bond donors (Lipinski definition) is 6. The van der Waals surface area contributed by atoms with Gasteiger partial charge in [0.2, 0.25) is 5.91 Å². The van der Waals surface area contributed by atoms with E-state index in [1.54, 1.807) is 24.3 Å². The molecule has 1 unspecified atom stereocenters. The number of aliphatic imine (C=N–C) groups is 1. The molecular weight excluding hydrogens is 558 g/mol. The molecule has 44 heavy (non-hydrogen) atoms. The van der Waals surface area contributed by atoms with Crippen LogP contribution >= 0.6 is 0 Å². The number of hydrogen-bond acceptors (Lipinski definition) is 5. The van der Waals surface area contributed by atoms with Gasteiger partial charge in [0.05, 0.1) is 24.9 Å². The Hall–Kier alpha value is -5.84. The second-order valence-electron chi connectivity index (χ2n) is 10.1. The normalized spacial score (nSPS) is 11.5. The number of ether oxygens (including phenoxy) is 1. The summed E-state index contributed by atoms with van der Waals surface area (Å²) in [4.78, 5) is 47.5. The zero-order valence-corrected chi connectivity index (χ0v) is 24.1. The fourth-order valence-electron chi connectivity index (χ4n) is 4.93. The van der Waals surface area contributed by atoms with Crippen molar-refractivity contribution in [3.8, 4) is 5.75 Å². The molecule has 0 saturated carbocycles. The van der Waals surface area contributed by atoms with E-state index in [0.29, 0.717) is 11.3 Å². The van der Waals surface area contributed by atoms with Gasteiger partial charge in [-0.25, -0.2) is 0 Å². The Morgan fingerprint density at radius 3 is 2.48 bits per heavy atom. The van der Waals surface area contributed by atoms with Crippen LogP contribution in [0.2, 0.25) is 0 Å². The fourth-order valence-corrected chi connectivity index (χ4v) is 4.93. The third-order valence-electron chi connectivity index (χ3n) is 7.16. The second-order valence-corrected chi connectivity index (χ2v) is 10.1. The molecule has 11 heteroatoms. The van der Waals surface area contributed by atoms with E-state index in [-0.39, 0.29) is 42.6 Å². The Labute approximate surface area is 253 Å². The molecule has 0 bridgehead atoms. The van der Waals surface area contributed by atoms with E-state index in [0.717, 1.165) is 27.2 Å². The van der Waals surface area contributed by atoms with Crippen molar-refractivity contribution in [2.75, 3.05) is 25.5 Å². The quantitative estimate of drug-likeness (QED) is 0.0780. The number of anilines is 1. The van der Waals surface area contributed by atoms with Gasteiger partial charge >= 0.3 is 0 Å². The number of carbonyl (C=O) groups excluding carboxylic acids is 3. The highest BCUT2D eigenvalue weighted by molar-refractivity contribution is 6.11. The third kappa shape index (κ3) is 6.96. The first-order chi connectivity index (χ1) is 21.3. The van der Waals surface area contributed by atoms with Crippen LogP contribution in [-0.4, -0.2) is 54.9 Å². The number of rotatable bonds is 11. The number of nitrogens with one attached hydrogen (secondary N) is 4. The summed E-state index contributed by atoms with van der Waals surface area (Å²) >= 11 is 0. The number of amides is 3. The van der Waals surface area contributed by atoms with Crippen molar-refractivity contribution in [2.24, 2.45) is 16.5 Å².